The van der Waals surface area contributed by atoms with Crippen molar-refractivity contribution in [3.8, 4) is 0 Å². The third kappa shape index (κ3) is 8.56. The molecule has 1 amide bonds. The molecular weight excluding hydrogens is 515 g/mol. The second kappa shape index (κ2) is 11.7. The lowest BCUT2D eigenvalue weighted by atomic mass is 10.1. The number of carbonyl (C=O) groups excluding carboxylic acids is 1. The molecule has 0 saturated carbocycles. The van der Waals surface area contributed by atoms with Crippen LogP contribution in [0.25, 0.3) is 0 Å². The second-order valence-corrected chi connectivity index (χ2v) is 6.48. The number of hydrogen-bond acceptors (Lipinski definition) is 2. The molecule has 30 heavy (non-hydrogen) atoms. The molecule has 0 fully saturated rings. The van der Waals surface area contributed by atoms with Crippen LogP contribution in [0.15, 0.2) is 53.5 Å². The van der Waals surface area contributed by atoms with E-state index in [1.165, 1.54) is 23.1 Å². The summed E-state index contributed by atoms with van der Waals surface area (Å²) in [5.74, 6) is -0.302. The molecule has 10 heteroatoms. The summed E-state index contributed by atoms with van der Waals surface area (Å²) in [5.41, 5.74) is 0.405. The lowest BCUT2D eigenvalue weighted by Gasteiger charge is -2.15. The van der Waals surface area contributed by atoms with E-state index in [9.17, 15) is 22.4 Å². The van der Waals surface area contributed by atoms with Gasteiger partial charge in [-0.25, -0.2) is 9.38 Å². The first-order chi connectivity index (χ1) is 13.6. The Morgan fingerprint density at radius 2 is 1.70 bits per heavy atom. The van der Waals surface area contributed by atoms with Crippen LogP contribution in [0.3, 0.4) is 0 Å². The van der Waals surface area contributed by atoms with Gasteiger partial charge in [-0.2, -0.15) is 13.2 Å². The van der Waals surface area contributed by atoms with Gasteiger partial charge >= 0.3 is 6.18 Å². The number of nitrogens with zero attached hydrogens (tertiary/aromatic N) is 2. The molecule has 0 aliphatic rings. The average molecular weight is 538 g/mol. The normalized spacial score (nSPS) is 11.5. The van der Waals surface area contributed by atoms with Crippen LogP contribution in [-0.4, -0.2) is 37.4 Å². The molecule has 0 atom stereocenters. The molecule has 2 rings (SSSR count). The molecule has 0 aromatic heterocycles. The van der Waals surface area contributed by atoms with Gasteiger partial charge in [0.05, 0.1) is 18.7 Å². The highest BCUT2D eigenvalue weighted by molar-refractivity contribution is 14.0. The Morgan fingerprint density at radius 3 is 2.30 bits per heavy atom. The summed E-state index contributed by atoms with van der Waals surface area (Å²) in [4.78, 5) is 17.5. The summed E-state index contributed by atoms with van der Waals surface area (Å²) in [7, 11) is 3.21. The minimum absolute atomic E-state index is 0. The number of guanidine groups is 1. The molecule has 0 bridgehead atoms. The number of rotatable bonds is 6. The van der Waals surface area contributed by atoms with Crippen molar-refractivity contribution in [2.75, 3.05) is 20.6 Å². The number of likely N-dealkylation sites (N-methyl/N-ethyl adjacent to an activating group) is 1. The molecule has 2 N–H and O–H groups in total. The van der Waals surface area contributed by atoms with Gasteiger partial charge in [-0.15, -0.1) is 24.0 Å². The number of alkyl halides is 3. The van der Waals surface area contributed by atoms with Gasteiger partial charge < -0.3 is 15.5 Å². The Bertz CT molecular complexity index is 855. The van der Waals surface area contributed by atoms with Crippen molar-refractivity contribution < 1.29 is 22.4 Å². The fraction of sp³-hybridized carbons (Fsp3) is 0.300. The van der Waals surface area contributed by atoms with Gasteiger partial charge in [0.1, 0.15) is 5.82 Å². The first-order valence-corrected chi connectivity index (χ1v) is 8.78. The summed E-state index contributed by atoms with van der Waals surface area (Å²) in [6.07, 6.45) is -4.43. The molecule has 0 radical (unpaired) electrons. The lowest BCUT2D eigenvalue weighted by molar-refractivity contribution is -0.137. The Hall–Kier alpha value is -2.37. The van der Waals surface area contributed by atoms with Gasteiger partial charge in [0, 0.05) is 20.6 Å². The zero-order valence-corrected chi connectivity index (χ0v) is 18.8. The van der Waals surface area contributed by atoms with Crippen molar-refractivity contribution in [2.24, 2.45) is 4.99 Å². The van der Waals surface area contributed by atoms with Gasteiger partial charge in [-0.05, 0) is 35.4 Å². The quantitative estimate of drug-likeness (QED) is 0.255. The number of benzene rings is 2. The second-order valence-electron chi connectivity index (χ2n) is 6.48. The molecule has 0 heterocycles. The van der Waals surface area contributed by atoms with E-state index < -0.39 is 11.7 Å². The maximum atomic E-state index is 13.0. The highest BCUT2D eigenvalue weighted by Crippen LogP contribution is 2.29. The van der Waals surface area contributed by atoms with Gasteiger partial charge in [0.2, 0.25) is 5.91 Å². The molecule has 0 aliphatic carbocycles. The van der Waals surface area contributed by atoms with Crippen LogP contribution in [0.1, 0.15) is 16.7 Å². The predicted molar refractivity (Wildman–Crippen MR) is 118 cm³/mol. The third-order valence-electron chi connectivity index (χ3n) is 3.95. The summed E-state index contributed by atoms with van der Waals surface area (Å²) >= 11 is 0. The third-order valence-corrected chi connectivity index (χ3v) is 3.95. The molecule has 0 aliphatic heterocycles. The summed E-state index contributed by atoms with van der Waals surface area (Å²) < 4.78 is 51.6. The SMILES string of the molecule is CN(C)C(=O)CNC(=NCc1cccc(C(F)(F)F)c1)NCc1ccc(F)cc1.I. The van der Waals surface area contributed by atoms with E-state index in [1.807, 2.05) is 0 Å². The van der Waals surface area contributed by atoms with Gasteiger partial charge in [0.15, 0.2) is 5.96 Å². The lowest BCUT2D eigenvalue weighted by Crippen LogP contribution is -2.42. The van der Waals surface area contributed by atoms with Crippen LogP contribution in [0, 0.1) is 5.82 Å². The molecule has 5 nitrogen and oxygen atoms in total. The van der Waals surface area contributed by atoms with Crippen molar-refractivity contribution in [2.45, 2.75) is 19.3 Å². The number of hydrogen-bond donors (Lipinski definition) is 2. The number of halogens is 5. The van der Waals surface area contributed by atoms with Crippen LogP contribution >= 0.6 is 24.0 Å². The molecule has 0 spiro atoms. The first-order valence-electron chi connectivity index (χ1n) is 8.78. The van der Waals surface area contributed by atoms with Crippen molar-refractivity contribution in [3.05, 3.63) is 71.0 Å². The number of nitrogens with one attached hydrogen (secondary N) is 2. The Labute approximate surface area is 189 Å². The summed E-state index contributed by atoms with van der Waals surface area (Å²) in [6, 6.07) is 10.7. The average Bonchev–Trinajstić information content (AvgIpc) is 2.67. The van der Waals surface area contributed by atoms with E-state index in [4.69, 9.17) is 0 Å². The topological polar surface area (TPSA) is 56.7 Å². The Morgan fingerprint density at radius 1 is 1.03 bits per heavy atom. The smallest absolute Gasteiger partial charge is 0.352 e. The van der Waals surface area contributed by atoms with E-state index >= 15 is 0 Å². The standard InChI is InChI=1S/C20H22F4N4O.HI/c1-28(2)18(29)13-27-19(25-11-14-6-8-17(21)9-7-14)26-12-15-4-3-5-16(10-15)20(22,23)24;/h3-10H,11-13H2,1-2H3,(H2,25,26,27);1H. The zero-order chi connectivity index (χ0) is 21.4. The summed E-state index contributed by atoms with van der Waals surface area (Å²) in [5, 5.41) is 5.84. The largest absolute Gasteiger partial charge is 0.416 e. The minimum atomic E-state index is -4.43. The molecule has 0 saturated heterocycles. The highest BCUT2D eigenvalue weighted by Gasteiger charge is 2.30. The van der Waals surface area contributed by atoms with E-state index in [2.05, 4.69) is 15.6 Å². The number of aliphatic imine (C=N–C) groups is 1. The predicted octanol–water partition coefficient (Wildman–Crippen LogP) is 3.79. The monoisotopic (exact) mass is 538 g/mol. The maximum Gasteiger partial charge on any atom is 0.416 e. The molecule has 0 unspecified atom stereocenters. The fourth-order valence-electron chi connectivity index (χ4n) is 2.30. The Balaban J connectivity index is 0.00000450. The van der Waals surface area contributed by atoms with E-state index in [1.54, 1.807) is 32.3 Å². The number of amides is 1. The van der Waals surface area contributed by atoms with Crippen molar-refractivity contribution >= 4 is 35.8 Å². The molecule has 164 valence electrons. The van der Waals surface area contributed by atoms with Crippen molar-refractivity contribution in [1.82, 2.24) is 15.5 Å². The van der Waals surface area contributed by atoms with Crippen molar-refractivity contribution in [3.63, 3.8) is 0 Å². The van der Waals surface area contributed by atoms with Gasteiger partial charge in [-0.3, -0.25) is 4.79 Å². The van der Waals surface area contributed by atoms with Crippen LogP contribution in [0.2, 0.25) is 0 Å². The molecular formula is C20H23F4IN4O. The first kappa shape index (κ1) is 25.7. The minimum Gasteiger partial charge on any atom is -0.352 e. The zero-order valence-electron chi connectivity index (χ0n) is 16.5. The number of carbonyl (C=O) groups is 1. The van der Waals surface area contributed by atoms with Crippen LogP contribution in [-0.2, 0) is 24.1 Å². The van der Waals surface area contributed by atoms with Gasteiger partial charge in [0.25, 0.3) is 0 Å². The van der Waals surface area contributed by atoms with Gasteiger partial charge in [-0.1, -0.05) is 24.3 Å². The van der Waals surface area contributed by atoms with Crippen LogP contribution in [0.4, 0.5) is 17.6 Å². The highest BCUT2D eigenvalue weighted by atomic mass is 127. The van der Waals surface area contributed by atoms with Crippen molar-refractivity contribution in [1.29, 1.82) is 0 Å². The van der Waals surface area contributed by atoms with E-state index in [0.717, 1.165) is 17.7 Å². The van der Waals surface area contributed by atoms with Crippen LogP contribution < -0.4 is 10.6 Å². The summed E-state index contributed by atoms with van der Waals surface area (Å²) in [6.45, 7) is 0.245. The maximum absolute atomic E-state index is 13.0. The molecule has 2 aromatic rings. The van der Waals surface area contributed by atoms with E-state index in [-0.39, 0.29) is 54.8 Å². The fourth-order valence-corrected chi connectivity index (χ4v) is 2.30. The van der Waals surface area contributed by atoms with Crippen LogP contribution in [0.5, 0.6) is 0 Å². The van der Waals surface area contributed by atoms with E-state index in [0.29, 0.717) is 12.1 Å². The molecule has 2 aromatic carbocycles. The Kier molecular flexibility index (Phi) is 10.0.